The average molecular weight is 552 g/mol. The van der Waals surface area contributed by atoms with E-state index in [1.807, 2.05) is 24.3 Å². The summed E-state index contributed by atoms with van der Waals surface area (Å²) in [6.07, 6.45) is -1.36. The van der Waals surface area contributed by atoms with E-state index in [1.165, 1.54) is 12.7 Å². The highest BCUT2D eigenvalue weighted by Gasteiger charge is 2.48. The molecule has 12 heteroatoms. The predicted molar refractivity (Wildman–Crippen MR) is 122 cm³/mol. The van der Waals surface area contributed by atoms with Crippen LogP contribution in [0.2, 0.25) is 0 Å². The third-order valence-corrected chi connectivity index (χ3v) is 6.23. The molecule has 0 spiro atoms. The minimum absolute atomic E-state index is 0.0227. The number of halogens is 1. The van der Waals surface area contributed by atoms with E-state index >= 15 is 0 Å². The Morgan fingerprint density at radius 3 is 2.72 bits per heavy atom. The zero-order valence-corrected chi connectivity index (χ0v) is 19.1. The molecule has 1 fully saturated rings. The lowest BCUT2D eigenvalue weighted by Gasteiger charge is -2.25. The van der Waals surface area contributed by atoms with Crippen molar-refractivity contribution in [2.75, 3.05) is 5.32 Å². The summed E-state index contributed by atoms with van der Waals surface area (Å²) in [5.74, 6) is -0.220. The Morgan fingerprint density at radius 2 is 2.03 bits per heavy atom. The molecular weight excluding hydrogens is 531 g/mol. The first-order chi connectivity index (χ1) is 15.3. The summed E-state index contributed by atoms with van der Waals surface area (Å²) < 4.78 is 2.70. The van der Waals surface area contributed by atoms with Gasteiger partial charge in [-0.1, -0.05) is 12.1 Å². The smallest absolute Gasteiger partial charge is 0.414 e. The first-order valence-corrected chi connectivity index (χ1v) is 10.9. The van der Waals surface area contributed by atoms with E-state index in [0.717, 1.165) is 16.1 Å². The first-order valence-electron chi connectivity index (χ1n) is 9.82. The Hall–Kier alpha value is -2.84. The highest BCUT2D eigenvalue weighted by molar-refractivity contribution is 14.1. The average Bonchev–Trinajstić information content (AvgIpc) is 3.29. The van der Waals surface area contributed by atoms with Crippen molar-refractivity contribution in [3.63, 3.8) is 0 Å². The van der Waals surface area contributed by atoms with Crippen LogP contribution >= 0.6 is 22.6 Å². The molecule has 0 bridgehead atoms. The maximum Gasteiger partial charge on any atom is 0.414 e. The van der Waals surface area contributed by atoms with Gasteiger partial charge < -0.3 is 25.2 Å². The van der Waals surface area contributed by atoms with Gasteiger partial charge in [0.05, 0.1) is 18.4 Å². The quantitative estimate of drug-likeness (QED) is 0.346. The van der Waals surface area contributed by atoms with E-state index < -0.39 is 36.3 Å². The van der Waals surface area contributed by atoms with Crippen molar-refractivity contribution >= 4 is 51.6 Å². The topological polar surface area (TPSA) is 154 Å². The molecule has 1 aliphatic carbocycles. The summed E-state index contributed by atoms with van der Waals surface area (Å²) in [6.45, 7) is 1.63. The molecule has 3 aromatic rings. The van der Waals surface area contributed by atoms with Gasteiger partial charge in [-0.25, -0.2) is 24.6 Å². The van der Waals surface area contributed by atoms with Crippen molar-refractivity contribution < 1.29 is 24.9 Å². The summed E-state index contributed by atoms with van der Waals surface area (Å²) >= 11 is 2.24. The van der Waals surface area contributed by atoms with Crippen LogP contribution in [0.15, 0.2) is 36.9 Å². The van der Waals surface area contributed by atoms with Crippen molar-refractivity contribution in [3.05, 3.63) is 46.1 Å². The number of aromatic nitrogens is 4. The summed E-state index contributed by atoms with van der Waals surface area (Å²) in [7, 11) is 0. The molecule has 2 amide bonds. The molecule has 0 unspecified atom stereocenters. The molecule has 0 saturated heterocycles. The van der Waals surface area contributed by atoms with Crippen LogP contribution in [0.4, 0.5) is 10.6 Å². The predicted octanol–water partition coefficient (Wildman–Crippen LogP) is 1.60. The molecule has 1 aromatic carbocycles. The first kappa shape index (κ1) is 22.4. The van der Waals surface area contributed by atoms with Gasteiger partial charge in [0.25, 0.3) is 0 Å². The van der Waals surface area contributed by atoms with Gasteiger partial charge in [0.1, 0.15) is 24.1 Å². The molecule has 0 radical (unpaired) electrons. The largest absolute Gasteiger partial charge is 0.465 e. The molecular formula is C20H21IN6O5. The summed E-state index contributed by atoms with van der Waals surface area (Å²) in [4.78, 5) is 36.8. The van der Waals surface area contributed by atoms with Gasteiger partial charge in [-0.05, 0) is 46.7 Å². The van der Waals surface area contributed by atoms with Gasteiger partial charge in [-0.3, -0.25) is 4.79 Å². The normalized spacial score (nSPS) is 22.8. The number of aliphatic hydroxyl groups is 2. The van der Waals surface area contributed by atoms with Crippen molar-refractivity contribution in [1.82, 2.24) is 24.4 Å². The van der Waals surface area contributed by atoms with Crippen LogP contribution in [0.1, 0.15) is 24.9 Å². The molecule has 1 aliphatic rings. The Kier molecular flexibility index (Phi) is 6.26. The third kappa shape index (κ3) is 4.12. The van der Waals surface area contributed by atoms with Crippen LogP contribution in [0.25, 0.3) is 11.2 Å². The fraction of sp³-hybridized carbons (Fsp3) is 0.350. The van der Waals surface area contributed by atoms with Gasteiger partial charge in [0.2, 0.25) is 5.91 Å². The maximum absolute atomic E-state index is 11.8. The molecule has 4 N–H and O–H groups in total. The number of amides is 2. The van der Waals surface area contributed by atoms with Gasteiger partial charge in [0.15, 0.2) is 11.5 Å². The second-order valence-corrected chi connectivity index (χ2v) is 8.80. The van der Waals surface area contributed by atoms with Gasteiger partial charge in [-0.2, -0.15) is 0 Å². The summed E-state index contributed by atoms with van der Waals surface area (Å²) in [5.41, 5.74) is 1.97. The lowest BCUT2D eigenvalue weighted by molar-refractivity contribution is -0.131. The summed E-state index contributed by atoms with van der Waals surface area (Å²) in [5, 5.41) is 33.7. The van der Waals surface area contributed by atoms with Crippen LogP contribution in [0, 0.1) is 3.57 Å². The fourth-order valence-corrected chi connectivity index (χ4v) is 4.69. The Labute approximate surface area is 196 Å². The number of benzene rings is 1. The number of nitrogens with one attached hydrogen (secondary N) is 1. The monoisotopic (exact) mass is 552 g/mol. The zero-order chi connectivity index (χ0) is 23.0. The van der Waals surface area contributed by atoms with Gasteiger partial charge in [0, 0.05) is 17.0 Å². The highest BCUT2D eigenvalue weighted by Crippen LogP contribution is 2.36. The molecule has 2 heterocycles. The number of imide groups is 1. The second-order valence-electron chi connectivity index (χ2n) is 7.55. The van der Waals surface area contributed by atoms with Crippen LogP contribution in [-0.4, -0.2) is 70.0 Å². The van der Waals surface area contributed by atoms with E-state index in [9.17, 15) is 24.9 Å². The lowest BCUT2D eigenvalue weighted by atomic mass is 10.2. The molecule has 11 nitrogen and oxygen atoms in total. The molecule has 4 atom stereocenters. The molecule has 1 saturated carbocycles. The van der Waals surface area contributed by atoms with Crippen LogP contribution in [0.5, 0.6) is 0 Å². The third-order valence-electron chi connectivity index (χ3n) is 5.56. The van der Waals surface area contributed by atoms with Crippen molar-refractivity contribution in [2.45, 2.75) is 44.2 Å². The van der Waals surface area contributed by atoms with Crippen LogP contribution < -0.4 is 5.32 Å². The number of aliphatic hydroxyl groups excluding tert-OH is 2. The number of carboxylic acid groups (broad SMARTS) is 1. The van der Waals surface area contributed by atoms with E-state index in [1.54, 1.807) is 4.57 Å². The number of imidazole rings is 1. The van der Waals surface area contributed by atoms with E-state index in [-0.39, 0.29) is 6.42 Å². The molecule has 2 aromatic heterocycles. The maximum atomic E-state index is 11.8. The number of carbonyl (C=O) groups is 2. The second kappa shape index (κ2) is 8.96. The van der Waals surface area contributed by atoms with Gasteiger partial charge in [-0.15, -0.1) is 0 Å². The number of carbonyl (C=O) groups excluding carboxylic acids is 1. The number of nitrogens with zero attached hydrogens (tertiary/aromatic N) is 5. The lowest BCUT2D eigenvalue weighted by Crippen LogP contribution is -2.48. The van der Waals surface area contributed by atoms with Crippen LogP contribution in [-0.2, 0) is 11.3 Å². The van der Waals surface area contributed by atoms with Crippen molar-refractivity contribution in [1.29, 1.82) is 0 Å². The number of hydrogen-bond acceptors (Lipinski definition) is 8. The number of fused-ring (bicyclic) bond motifs is 1. The van der Waals surface area contributed by atoms with E-state index in [0.29, 0.717) is 28.4 Å². The SMILES string of the molecule is CC(=O)N(C(=O)O)[C@H]1C[C@@H](n2cnc3c(NCc4cccc(I)c4)ncnc32)[C@H](O)[C@@H]1O. The van der Waals surface area contributed by atoms with Gasteiger partial charge >= 0.3 is 6.09 Å². The molecule has 32 heavy (non-hydrogen) atoms. The zero-order valence-electron chi connectivity index (χ0n) is 17.0. The number of hydrogen-bond donors (Lipinski definition) is 4. The molecule has 168 valence electrons. The minimum atomic E-state index is -1.48. The number of rotatable bonds is 5. The molecule has 0 aliphatic heterocycles. The summed E-state index contributed by atoms with van der Waals surface area (Å²) in [6, 6.07) is 6.20. The molecule has 4 rings (SSSR count). The van der Waals surface area contributed by atoms with Crippen molar-refractivity contribution in [2.24, 2.45) is 0 Å². The highest BCUT2D eigenvalue weighted by atomic mass is 127. The van der Waals surface area contributed by atoms with E-state index in [4.69, 9.17) is 0 Å². The number of anilines is 1. The Balaban J connectivity index is 1.61. The van der Waals surface area contributed by atoms with E-state index in [2.05, 4.69) is 42.9 Å². The van der Waals surface area contributed by atoms with Crippen LogP contribution in [0.3, 0.4) is 0 Å². The van der Waals surface area contributed by atoms with Crippen molar-refractivity contribution in [3.8, 4) is 0 Å². The minimum Gasteiger partial charge on any atom is -0.465 e. The fourth-order valence-electron chi connectivity index (χ4n) is 4.08. The Bertz CT molecular complexity index is 1160. The Morgan fingerprint density at radius 1 is 1.25 bits per heavy atom. The standard InChI is InChI=1S/C20H21IN6O5/c1-10(28)27(20(31)32)14-6-13(16(29)17(14)30)26-9-25-15-18(23-8-24-19(15)26)22-7-11-3-2-4-12(21)5-11/h2-5,8-9,13-14,16-17,29-30H,6-7H2,1H3,(H,31,32)(H,22,23,24)/t13-,14+,16+,17-/m1/s1.